The molecule has 0 saturated heterocycles. The molecule has 0 bridgehead atoms. The molecule has 0 radical (unpaired) electrons. The lowest BCUT2D eigenvalue weighted by atomic mass is 10.2. The molecular formula is C21H17Cl2FN4O2. The van der Waals surface area contributed by atoms with E-state index in [0.717, 1.165) is 0 Å². The van der Waals surface area contributed by atoms with Gasteiger partial charge in [0.1, 0.15) is 11.0 Å². The van der Waals surface area contributed by atoms with Crippen LogP contribution in [-0.4, -0.2) is 28.6 Å². The summed E-state index contributed by atoms with van der Waals surface area (Å²) in [5.74, 6) is -1.15. The molecule has 0 aliphatic rings. The zero-order chi connectivity index (χ0) is 21.8. The molecule has 30 heavy (non-hydrogen) atoms. The van der Waals surface area contributed by atoms with E-state index in [1.807, 2.05) is 0 Å². The van der Waals surface area contributed by atoms with Gasteiger partial charge in [-0.3, -0.25) is 9.59 Å². The first-order valence-corrected chi connectivity index (χ1v) is 9.57. The van der Waals surface area contributed by atoms with E-state index in [0.29, 0.717) is 22.6 Å². The number of rotatable bonds is 5. The Hall–Kier alpha value is -3.16. The fourth-order valence-corrected chi connectivity index (χ4v) is 3.25. The first kappa shape index (κ1) is 21.5. The van der Waals surface area contributed by atoms with Crippen LogP contribution in [0.2, 0.25) is 10.2 Å². The van der Waals surface area contributed by atoms with Gasteiger partial charge in [0.15, 0.2) is 0 Å². The number of halogens is 3. The van der Waals surface area contributed by atoms with Crippen molar-refractivity contribution in [2.45, 2.75) is 6.92 Å². The molecule has 2 N–H and O–H groups in total. The molecule has 0 unspecified atom stereocenters. The molecular weight excluding hydrogens is 430 g/mol. The van der Waals surface area contributed by atoms with Crippen LogP contribution in [-0.2, 0) is 4.79 Å². The monoisotopic (exact) mass is 446 g/mol. The van der Waals surface area contributed by atoms with Crippen LogP contribution in [0.15, 0.2) is 48.5 Å². The molecule has 0 aliphatic heterocycles. The Kier molecular flexibility index (Phi) is 6.54. The molecule has 0 atom stereocenters. The maximum absolute atomic E-state index is 13.1. The summed E-state index contributed by atoms with van der Waals surface area (Å²) < 4.78 is 14.6. The highest BCUT2D eigenvalue weighted by Gasteiger charge is 2.14. The van der Waals surface area contributed by atoms with E-state index in [2.05, 4.69) is 15.7 Å². The SMILES string of the molecule is CNC(=O)c1cc(NC(=O)C=Cc2c(C)nn(-c3ccc(F)cc3)c2Cl)ccc1Cl. The van der Waals surface area contributed by atoms with Crippen LogP contribution in [0.25, 0.3) is 11.8 Å². The number of amides is 2. The van der Waals surface area contributed by atoms with Crippen LogP contribution in [0, 0.1) is 12.7 Å². The number of hydrogen-bond donors (Lipinski definition) is 2. The predicted molar refractivity (Wildman–Crippen MR) is 116 cm³/mol. The highest BCUT2D eigenvalue weighted by atomic mass is 35.5. The minimum atomic E-state index is -0.426. The third-order valence-corrected chi connectivity index (χ3v) is 4.92. The Morgan fingerprint density at radius 2 is 1.83 bits per heavy atom. The van der Waals surface area contributed by atoms with E-state index in [4.69, 9.17) is 23.2 Å². The molecule has 2 aromatic carbocycles. The molecule has 1 aromatic heterocycles. The van der Waals surface area contributed by atoms with Crippen molar-refractivity contribution < 1.29 is 14.0 Å². The van der Waals surface area contributed by atoms with Gasteiger partial charge in [0.25, 0.3) is 5.91 Å². The van der Waals surface area contributed by atoms with Crippen LogP contribution >= 0.6 is 23.2 Å². The zero-order valence-electron chi connectivity index (χ0n) is 16.0. The second-order valence-corrected chi connectivity index (χ2v) is 7.04. The molecule has 3 rings (SSSR count). The molecule has 2 amide bonds. The molecule has 3 aromatic rings. The van der Waals surface area contributed by atoms with Gasteiger partial charge in [-0.15, -0.1) is 0 Å². The van der Waals surface area contributed by atoms with E-state index in [1.54, 1.807) is 25.1 Å². The van der Waals surface area contributed by atoms with E-state index >= 15 is 0 Å². The van der Waals surface area contributed by atoms with Gasteiger partial charge in [-0.25, -0.2) is 9.07 Å². The number of nitrogens with one attached hydrogen (secondary N) is 2. The van der Waals surface area contributed by atoms with Crippen LogP contribution < -0.4 is 10.6 Å². The standard InChI is InChI=1S/C21H17Cl2FN4O2/c1-12-16(20(23)28(27-12)15-6-3-13(24)4-7-15)8-10-19(29)26-14-5-9-18(22)17(11-14)21(30)25-2/h3-11H,1-2H3,(H,25,30)(H,26,29). The Morgan fingerprint density at radius 1 is 1.13 bits per heavy atom. The number of aryl methyl sites for hydroxylation is 1. The normalized spacial score (nSPS) is 11.0. The first-order chi connectivity index (χ1) is 14.3. The van der Waals surface area contributed by atoms with E-state index in [1.165, 1.54) is 48.1 Å². The summed E-state index contributed by atoms with van der Waals surface area (Å²) in [4.78, 5) is 24.1. The number of carbonyl (C=O) groups is 2. The second kappa shape index (κ2) is 9.11. The number of anilines is 1. The van der Waals surface area contributed by atoms with E-state index < -0.39 is 5.91 Å². The third-order valence-electron chi connectivity index (χ3n) is 4.23. The number of nitrogens with zero attached hydrogens (tertiary/aromatic N) is 2. The number of carbonyl (C=O) groups excluding carboxylic acids is 2. The van der Waals surface area contributed by atoms with Crippen molar-refractivity contribution in [1.82, 2.24) is 15.1 Å². The van der Waals surface area contributed by atoms with Crippen molar-refractivity contribution in [1.29, 1.82) is 0 Å². The van der Waals surface area contributed by atoms with E-state index in [-0.39, 0.29) is 27.5 Å². The minimum absolute atomic E-state index is 0.250. The molecule has 0 fully saturated rings. The third kappa shape index (κ3) is 4.69. The van der Waals surface area contributed by atoms with Crippen LogP contribution in [0.3, 0.4) is 0 Å². The van der Waals surface area contributed by atoms with Gasteiger partial charge in [0, 0.05) is 24.4 Å². The first-order valence-electron chi connectivity index (χ1n) is 8.82. The molecule has 9 heteroatoms. The zero-order valence-corrected chi connectivity index (χ0v) is 17.6. The maximum Gasteiger partial charge on any atom is 0.252 e. The summed E-state index contributed by atoms with van der Waals surface area (Å²) in [5.41, 5.74) is 2.41. The average molecular weight is 447 g/mol. The highest BCUT2D eigenvalue weighted by molar-refractivity contribution is 6.34. The summed E-state index contributed by atoms with van der Waals surface area (Å²) in [6.07, 6.45) is 2.84. The van der Waals surface area contributed by atoms with Gasteiger partial charge < -0.3 is 10.6 Å². The van der Waals surface area contributed by atoms with Crippen LogP contribution in [0.4, 0.5) is 10.1 Å². The van der Waals surface area contributed by atoms with Gasteiger partial charge in [0.2, 0.25) is 5.91 Å². The average Bonchev–Trinajstić information content (AvgIpc) is 3.01. The Labute approximate surface area is 182 Å². The summed E-state index contributed by atoms with van der Waals surface area (Å²) in [5, 5.41) is 10.1. The quantitative estimate of drug-likeness (QED) is 0.560. The maximum atomic E-state index is 13.1. The molecule has 1 heterocycles. The van der Waals surface area contributed by atoms with Crippen molar-refractivity contribution in [3.8, 4) is 5.69 Å². The molecule has 0 spiro atoms. The smallest absolute Gasteiger partial charge is 0.252 e. The summed E-state index contributed by atoms with van der Waals surface area (Å²) in [6, 6.07) is 10.3. The van der Waals surface area contributed by atoms with Gasteiger partial charge in [-0.05, 0) is 55.5 Å². The van der Waals surface area contributed by atoms with Crippen molar-refractivity contribution in [3.63, 3.8) is 0 Å². The fraction of sp³-hybridized carbons (Fsp3) is 0.0952. The Morgan fingerprint density at radius 3 is 2.50 bits per heavy atom. The fourth-order valence-electron chi connectivity index (χ4n) is 2.71. The van der Waals surface area contributed by atoms with Crippen molar-refractivity contribution in [3.05, 3.63) is 81.4 Å². The van der Waals surface area contributed by atoms with Gasteiger partial charge in [0.05, 0.1) is 22.0 Å². The molecule has 0 aliphatic carbocycles. The molecule has 0 saturated carbocycles. The molecule has 154 valence electrons. The number of benzene rings is 2. The summed E-state index contributed by atoms with van der Waals surface area (Å²) in [6.45, 7) is 1.75. The van der Waals surface area contributed by atoms with Gasteiger partial charge in [-0.2, -0.15) is 5.10 Å². The summed E-state index contributed by atoms with van der Waals surface area (Å²) >= 11 is 12.4. The lowest BCUT2D eigenvalue weighted by Gasteiger charge is -2.07. The van der Waals surface area contributed by atoms with Gasteiger partial charge >= 0.3 is 0 Å². The highest BCUT2D eigenvalue weighted by Crippen LogP contribution is 2.25. The van der Waals surface area contributed by atoms with Crippen molar-refractivity contribution in [2.24, 2.45) is 0 Å². The lowest BCUT2D eigenvalue weighted by molar-refractivity contribution is -0.111. The van der Waals surface area contributed by atoms with Crippen LogP contribution in [0.5, 0.6) is 0 Å². The Balaban J connectivity index is 1.79. The topological polar surface area (TPSA) is 76.0 Å². The second-order valence-electron chi connectivity index (χ2n) is 6.27. The molecule has 6 nitrogen and oxygen atoms in total. The van der Waals surface area contributed by atoms with E-state index in [9.17, 15) is 14.0 Å². The van der Waals surface area contributed by atoms with Crippen molar-refractivity contribution in [2.75, 3.05) is 12.4 Å². The Bertz CT molecular complexity index is 1140. The van der Waals surface area contributed by atoms with Gasteiger partial charge in [-0.1, -0.05) is 23.2 Å². The largest absolute Gasteiger partial charge is 0.355 e. The number of aromatic nitrogens is 2. The lowest BCUT2D eigenvalue weighted by Crippen LogP contribution is -2.18. The number of hydrogen-bond acceptors (Lipinski definition) is 3. The summed E-state index contributed by atoms with van der Waals surface area (Å²) in [7, 11) is 1.49. The van der Waals surface area contributed by atoms with Crippen molar-refractivity contribution >= 4 is 46.8 Å². The predicted octanol–water partition coefficient (Wildman–Crippen LogP) is 4.64. The van der Waals surface area contributed by atoms with Crippen LogP contribution in [0.1, 0.15) is 21.6 Å². The minimum Gasteiger partial charge on any atom is -0.355 e.